The summed E-state index contributed by atoms with van der Waals surface area (Å²) in [7, 11) is 3.10. The Morgan fingerprint density at radius 2 is 1.47 bits per heavy atom. The van der Waals surface area contributed by atoms with E-state index in [1.807, 2.05) is 20.8 Å². The lowest BCUT2D eigenvalue weighted by Gasteiger charge is -2.37. The van der Waals surface area contributed by atoms with Crippen LogP contribution in [-0.4, -0.2) is 114 Å². The molecule has 6 amide bonds. The standard InChI is InChI=1S/C38H60N6O9/c1-13-17-24(29(46)32(48)39-22-26(45)41-27(33(49)43(11)12)23-18-15-14-16-19-23)40-31(47)28-25(52-37(5,6)7)20-21-44(28)34(50)30(36(2,3)4)42-35(51)53-38(8,9)10/h14-16,18-19,24-25,27-28,30H,13,17,20-22H2,1-12H3,(H,39,48)(H,40,47)(H,41,45)(H,42,51)/t24-,25+,27?,28-,30+/m0/s1. The van der Waals surface area contributed by atoms with Gasteiger partial charge in [-0.3, -0.25) is 28.8 Å². The molecule has 1 aliphatic heterocycles. The Balaban J connectivity index is 2.28. The van der Waals surface area contributed by atoms with Gasteiger partial charge in [0, 0.05) is 20.6 Å². The number of carbonyl (C=O) groups is 7. The number of amides is 6. The van der Waals surface area contributed by atoms with E-state index < -0.39 is 88.9 Å². The number of hydrogen-bond donors (Lipinski definition) is 4. The Labute approximate surface area is 313 Å². The summed E-state index contributed by atoms with van der Waals surface area (Å²) < 4.78 is 11.6. The van der Waals surface area contributed by atoms with E-state index in [4.69, 9.17) is 9.47 Å². The first-order valence-electron chi connectivity index (χ1n) is 18.0. The van der Waals surface area contributed by atoms with Gasteiger partial charge in [0.15, 0.2) is 0 Å². The molecule has 0 bridgehead atoms. The molecule has 1 aromatic carbocycles. The highest BCUT2D eigenvalue weighted by molar-refractivity contribution is 6.38. The van der Waals surface area contributed by atoms with Crippen LogP contribution in [0.15, 0.2) is 30.3 Å². The van der Waals surface area contributed by atoms with Gasteiger partial charge < -0.3 is 40.5 Å². The molecule has 0 aromatic heterocycles. The van der Waals surface area contributed by atoms with Crippen LogP contribution in [0.2, 0.25) is 0 Å². The van der Waals surface area contributed by atoms with Gasteiger partial charge in [0.1, 0.15) is 23.7 Å². The van der Waals surface area contributed by atoms with Gasteiger partial charge in [0.2, 0.25) is 29.4 Å². The average Bonchev–Trinajstić information content (AvgIpc) is 3.44. The van der Waals surface area contributed by atoms with E-state index in [1.165, 1.54) is 9.80 Å². The molecular weight excluding hydrogens is 684 g/mol. The van der Waals surface area contributed by atoms with Gasteiger partial charge in [-0.1, -0.05) is 64.4 Å². The van der Waals surface area contributed by atoms with E-state index in [0.29, 0.717) is 18.4 Å². The van der Waals surface area contributed by atoms with Crippen molar-refractivity contribution in [2.45, 2.75) is 130 Å². The number of ether oxygens (including phenoxy) is 2. The molecule has 2 rings (SSSR count). The molecule has 1 fully saturated rings. The van der Waals surface area contributed by atoms with Crippen LogP contribution in [0.25, 0.3) is 0 Å². The van der Waals surface area contributed by atoms with Gasteiger partial charge in [-0.15, -0.1) is 0 Å². The average molecular weight is 745 g/mol. The minimum Gasteiger partial charge on any atom is -0.444 e. The normalized spacial score (nSPS) is 17.8. The zero-order valence-electron chi connectivity index (χ0n) is 33.4. The Morgan fingerprint density at radius 3 is 1.98 bits per heavy atom. The van der Waals surface area contributed by atoms with Crippen molar-refractivity contribution in [3.8, 4) is 0 Å². The van der Waals surface area contributed by atoms with Gasteiger partial charge >= 0.3 is 6.09 Å². The fourth-order valence-electron chi connectivity index (χ4n) is 5.76. The zero-order chi connectivity index (χ0) is 40.5. The number of nitrogens with one attached hydrogen (secondary N) is 4. The van der Waals surface area contributed by atoms with Crippen molar-refractivity contribution >= 4 is 41.4 Å². The van der Waals surface area contributed by atoms with E-state index in [9.17, 15) is 33.6 Å². The third kappa shape index (κ3) is 13.8. The second kappa shape index (κ2) is 18.5. The molecule has 4 N–H and O–H groups in total. The lowest BCUT2D eigenvalue weighted by molar-refractivity contribution is -0.149. The van der Waals surface area contributed by atoms with Crippen molar-refractivity contribution in [1.82, 2.24) is 31.1 Å². The van der Waals surface area contributed by atoms with E-state index >= 15 is 0 Å². The SMILES string of the molecule is CCC[C@H](NC(=O)[C@@H]1[C@H](OC(C)(C)C)CCN1C(=O)[C@@H](NC(=O)OC(C)(C)C)C(C)(C)C)C(=O)C(=O)NCC(=O)NC(C(=O)N(C)C)c1ccccc1. The molecule has 296 valence electrons. The van der Waals surface area contributed by atoms with E-state index in [1.54, 1.807) is 92.9 Å². The number of nitrogens with zero attached hydrogens (tertiary/aromatic N) is 2. The first kappa shape index (κ1) is 44.6. The smallest absolute Gasteiger partial charge is 0.408 e. The first-order valence-corrected chi connectivity index (χ1v) is 18.0. The van der Waals surface area contributed by atoms with Crippen molar-refractivity contribution in [3.05, 3.63) is 35.9 Å². The van der Waals surface area contributed by atoms with Crippen LogP contribution in [0.5, 0.6) is 0 Å². The number of alkyl carbamates (subject to hydrolysis) is 1. The minimum atomic E-state index is -1.28. The second-order valence-electron chi connectivity index (χ2n) is 16.5. The van der Waals surface area contributed by atoms with Gasteiger partial charge in [-0.05, 0) is 65.4 Å². The maximum absolute atomic E-state index is 14.2. The molecule has 0 saturated carbocycles. The van der Waals surface area contributed by atoms with E-state index in [-0.39, 0.29) is 18.9 Å². The fourth-order valence-corrected chi connectivity index (χ4v) is 5.76. The highest BCUT2D eigenvalue weighted by Gasteiger charge is 2.48. The Morgan fingerprint density at radius 1 is 0.868 bits per heavy atom. The molecule has 0 spiro atoms. The maximum Gasteiger partial charge on any atom is 0.408 e. The molecule has 0 radical (unpaired) electrons. The maximum atomic E-state index is 14.2. The summed E-state index contributed by atoms with van der Waals surface area (Å²) >= 11 is 0. The fraction of sp³-hybridized carbons (Fsp3) is 0.658. The van der Waals surface area contributed by atoms with Gasteiger partial charge in [0.25, 0.3) is 5.91 Å². The lowest BCUT2D eigenvalue weighted by atomic mass is 9.85. The highest BCUT2D eigenvalue weighted by Crippen LogP contribution is 2.30. The van der Waals surface area contributed by atoms with Crippen molar-refractivity contribution in [3.63, 3.8) is 0 Å². The molecule has 0 aliphatic carbocycles. The van der Waals surface area contributed by atoms with Crippen LogP contribution in [0.1, 0.15) is 100 Å². The molecule has 1 unspecified atom stereocenters. The number of carbonyl (C=O) groups excluding carboxylic acids is 7. The molecular formula is C38H60N6O9. The van der Waals surface area contributed by atoms with Gasteiger partial charge in [0.05, 0.1) is 24.3 Å². The number of likely N-dealkylation sites (tertiary alicyclic amines) is 1. The Bertz CT molecular complexity index is 1480. The van der Waals surface area contributed by atoms with Gasteiger partial charge in [-0.25, -0.2) is 4.79 Å². The van der Waals surface area contributed by atoms with Crippen molar-refractivity contribution in [2.24, 2.45) is 5.41 Å². The first-order chi connectivity index (χ1) is 24.4. The number of ketones is 1. The minimum absolute atomic E-state index is 0.0912. The summed E-state index contributed by atoms with van der Waals surface area (Å²) in [4.78, 5) is 96.0. The lowest BCUT2D eigenvalue weighted by Crippen LogP contribution is -2.61. The predicted molar refractivity (Wildman–Crippen MR) is 198 cm³/mol. The highest BCUT2D eigenvalue weighted by atomic mass is 16.6. The van der Waals surface area contributed by atoms with Gasteiger partial charge in [-0.2, -0.15) is 0 Å². The molecule has 15 heteroatoms. The molecule has 1 aromatic rings. The van der Waals surface area contributed by atoms with Crippen molar-refractivity contribution < 1.29 is 43.0 Å². The molecule has 15 nitrogen and oxygen atoms in total. The second-order valence-corrected chi connectivity index (χ2v) is 16.5. The molecule has 1 aliphatic rings. The van der Waals surface area contributed by atoms with Crippen LogP contribution in [0, 0.1) is 5.41 Å². The summed E-state index contributed by atoms with van der Waals surface area (Å²) in [5.74, 6) is -4.43. The third-order valence-electron chi connectivity index (χ3n) is 8.14. The van der Waals surface area contributed by atoms with Crippen LogP contribution in [0.4, 0.5) is 4.79 Å². The van der Waals surface area contributed by atoms with Crippen molar-refractivity contribution in [1.29, 1.82) is 0 Å². The molecule has 53 heavy (non-hydrogen) atoms. The Kier molecular flexibility index (Phi) is 15.6. The van der Waals surface area contributed by atoms with E-state index in [0.717, 1.165) is 0 Å². The third-order valence-corrected chi connectivity index (χ3v) is 8.14. The summed E-state index contributed by atoms with van der Waals surface area (Å²) in [5.41, 5.74) is -1.76. The summed E-state index contributed by atoms with van der Waals surface area (Å²) in [6, 6.07) is 4.01. The number of Topliss-reactive ketones (excluding diaryl/α,β-unsaturated/α-hetero) is 1. The van der Waals surface area contributed by atoms with Crippen LogP contribution >= 0.6 is 0 Å². The number of likely N-dealkylation sites (N-methyl/N-ethyl adjacent to an activating group) is 1. The van der Waals surface area contributed by atoms with E-state index in [2.05, 4.69) is 21.3 Å². The Hall–Kier alpha value is -4.53. The zero-order valence-corrected chi connectivity index (χ0v) is 33.4. The van der Waals surface area contributed by atoms with Crippen LogP contribution < -0.4 is 21.3 Å². The molecule has 5 atom stereocenters. The van der Waals surface area contributed by atoms with Crippen LogP contribution in [-0.2, 0) is 38.2 Å². The topological polar surface area (TPSA) is 193 Å². The summed E-state index contributed by atoms with van der Waals surface area (Å²) in [5, 5.41) is 10.3. The predicted octanol–water partition coefficient (Wildman–Crippen LogP) is 2.63. The molecule has 1 saturated heterocycles. The number of hydrogen-bond acceptors (Lipinski definition) is 9. The monoisotopic (exact) mass is 744 g/mol. The quantitative estimate of drug-likeness (QED) is 0.207. The number of rotatable bonds is 14. The van der Waals surface area contributed by atoms with Crippen molar-refractivity contribution in [2.75, 3.05) is 27.2 Å². The number of benzene rings is 1. The van der Waals surface area contributed by atoms with Crippen LogP contribution in [0.3, 0.4) is 0 Å². The summed E-state index contributed by atoms with van der Waals surface area (Å²) in [6.45, 7) is 17.2. The largest absolute Gasteiger partial charge is 0.444 e. The molecule has 1 heterocycles. The summed E-state index contributed by atoms with van der Waals surface area (Å²) in [6.07, 6.45) is -0.752.